The van der Waals surface area contributed by atoms with Gasteiger partial charge in [-0.3, -0.25) is 0 Å². The normalized spacial score (nSPS) is 64.7. The molecule has 0 heterocycles. The number of fused-ring (bicyclic) bond motifs is 5. The second-order valence-electron chi connectivity index (χ2n) is 8.45. The minimum absolute atomic E-state index is 0.112. The van der Waals surface area contributed by atoms with Gasteiger partial charge in [-0.15, -0.1) is 0 Å². The van der Waals surface area contributed by atoms with Gasteiger partial charge in [-0.2, -0.15) is 0 Å². The molecule has 5 aliphatic carbocycles. The molecular formula is C17H26O2. The third-order valence-corrected chi connectivity index (χ3v) is 8.61. The molecule has 8 atom stereocenters. The van der Waals surface area contributed by atoms with Gasteiger partial charge < -0.3 is 10.2 Å². The molecule has 2 N–H and O–H groups in total. The Hall–Kier alpha value is -0.0800. The van der Waals surface area contributed by atoms with Gasteiger partial charge in [-0.05, 0) is 79.4 Å². The summed E-state index contributed by atoms with van der Waals surface area (Å²) in [7, 11) is 0. The Morgan fingerprint density at radius 1 is 0.947 bits per heavy atom. The van der Waals surface area contributed by atoms with Gasteiger partial charge in [-0.1, -0.05) is 6.42 Å². The van der Waals surface area contributed by atoms with E-state index in [1.807, 2.05) is 0 Å². The second-order valence-corrected chi connectivity index (χ2v) is 8.45. The molecule has 5 aliphatic rings. The third kappa shape index (κ3) is 0.985. The lowest BCUT2D eigenvalue weighted by Crippen LogP contribution is -2.58. The van der Waals surface area contributed by atoms with Crippen molar-refractivity contribution in [1.29, 1.82) is 0 Å². The average molecular weight is 262 g/mol. The minimum atomic E-state index is 0.112. The van der Waals surface area contributed by atoms with Gasteiger partial charge in [0.1, 0.15) is 0 Å². The lowest BCUT2D eigenvalue weighted by Gasteiger charge is -2.60. The Labute approximate surface area is 115 Å². The van der Waals surface area contributed by atoms with Crippen LogP contribution in [0.2, 0.25) is 0 Å². The molecule has 2 nitrogen and oxygen atoms in total. The predicted octanol–water partition coefficient (Wildman–Crippen LogP) is 2.44. The molecule has 0 radical (unpaired) electrons. The lowest BCUT2D eigenvalue weighted by molar-refractivity contribution is -0.163. The molecule has 0 aliphatic heterocycles. The molecule has 5 saturated carbocycles. The molecule has 19 heavy (non-hydrogen) atoms. The van der Waals surface area contributed by atoms with Crippen molar-refractivity contribution < 1.29 is 10.2 Å². The molecule has 106 valence electrons. The first-order valence-electron chi connectivity index (χ1n) is 8.48. The molecule has 0 amide bonds. The van der Waals surface area contributed by atoms with Crippen LogP contribution in [0.4, 0.5) is 0 Å². The fourth-order valence-corrected chi connectivity index (χ4v) is 8.53. The molecule has 1 spiro atoms. The van der Waals surface area contributed by atoms with Crippen molar-refractivity contribution in [2.75, 3.05) is 13.2 Å². The number of hydrogen-bond acceptors (Lipinski definition) is 2. The minimum Gasteiger partial charge on any atom is -0.396 e. The maximum Gasteiger partial charge on any atom is 0.0499 e. The van der Waals surface area contributed by atoms with E-state index < -0.39 is 0 Å². The SMILES string of the molecule is OCC1CCCC2C3CC4(CC5CC3C4C5)C12CO. The van der Waals surface area contributed by atoms with Crippen LogP contribution in [0.25, 0.3) is 0 Å². The number of rotatable bonds is 2. The standard InChI is InChI=1S/C17H26O2/c18-8-11-2-1-3-14-13-7-16(17(11,14)9-19)6-10-4-12(13)15(16)5-10/h10-15,18-19H,1-9H2. The largest absolute Gasteiger partial charge is 0.396 e. The molecule has 0 aromatic carbocycles. The quantitative estimate of drug-likeness (QED) is 0.802. The van der Waals surface area contributed by atoms with E-state index in [9.17, 15) is 10.2 Å². The Kier molecular flexibility index (Phi) is 2.06. The first-order valence-corrected chi connectivity index (χ1v) is 8.48. The van der Waals surface area contributed by atoms with E-state index in [0.717, 1.165) is 36.0 Å². The van der Waals surface area contributed by atoms with Crippen LogP contribution in [0.5, 0.6) is 0 Å². The lowest BCUT2D eigenvalue weighted by atomic mass is 9.45. The monoisotopic (exact) mass is 262 g/mol. The number of aliphatic hydroxyl groups excluding tert-OH is 2. The molecule has 0 saturated heterocycles. The van der Waals surface area contributed by atoms with Crippen LogP contribution in [-0.2, 0) is 0 Å². The van der Waals surface area contributed by atoms with E-state index in [1.165, 1.54) is 38.5 Å². The molecule has 0 aromatic heterocycles. The summed E-state index contributed by atoms with van der Waals surface area (Å²) in [6, 6.07) is 0. The van der Waals surface area contributed by atoms with Crippen LogP contribution in [0.1, 0.15) is 44.9 Å². The first kappa shape index (κ1) is 11.6. The zero-order chi connectivity index (χ0) is 12.8. The topological polar surface area (TPSA) is 40.5 Å². The summed E-state index contributed by atoms with van der Waals surface area (Å²) < 4.78 is 0. The highest BCUT2D eigenvalue weighted by molar-refractivity contribution is 5.27. The average Bonchev–Trinajstić information content (AvgIpc) is 3.10. The summed E-state index contributed by atoms with van der Waals surface area (Å²) in [6.45, 7) is 0.670. The van der Waals surface area contributed by atoms with Crippen molar-refractivity contribution in [3.63, 3.8) is 0 Å². The van der Waals surface area contributed by atoms with E-state index >= 15 is 0 Å². The fourth-order valence-electron chi connectivity index (χ4n) is 8.53. The highest BCUT2D eigenvalue weighted by Gasteiger charge is 2.79. The summed E-state index contributed by atoms with van der Waals surface area (Å²) in [5.41, 5.74) is 0.555. The second kappa shape index (κ2) is 3.39. The maximum atomic E-state index is 10.4. The first-order chi connectivity index (χ1) is 9.27. The molecule has 0 aromatic rings. The van der Waals surface area contributed by atoms with Gasteiger partial charge in [0.05, 0.1) is 0 Å². The maximum absolute atomic E-state index is 10.4. The van der Waals surface area contributed by atoms with Gasteiger partial charge in [-0.25, -0.2) is 0 Å². The van der Waals surface area contributed by atoms with Crippen LogP contribution in [-0.4, -0.2) is 23.4 Å². The van der Waals surface area contributed by atoms with Crippen LogP contribution < -0.4 is 0 Å². The van der Waals surface area contributed by atoms with Crippen LogP contribution >= 0.6 is 0 Å². The van der Waals surface area contributed by atoms with E-state index in [0.29, 0.717) is 24.5 Å². The molecule has 5 rings (SSSR count). The zero-order valence-corrected chi connectivity index (χ0v) is 11.7. The smallest absolute Gasteiger partial charge is 0.0499 e. The molecular weight excluding hydrogens is 236 g/mol. The van der Waals surface area contributed by atoms with E-state index in [2.05, 4.69) is 0 Å². The summed E-state index contributed by atoms with van der Waals surface area (Å²) in [4.78, 5) is 0. The summed E-state index contributed by atoms with van der Waals surface area (Å²) in [5, 5.41) is 20.4. The number of hydrogen-bond donors (Lipinski definition) is 2. The van der Waals surface area contributed by atoms with E-state index in [-0.39, 0.29) is 5.41 Å². The van der Waals surface area contributed by atoms with E-state index in [1.54, 1.807) is 0 Å². The Morgan fingerprint density at radius 2 is 1.84 bits per heavy atom. The van der Waals surface area contributed by atoms with Crippen molar-refractivity contribution >= 4 is 0 Å². The van der Waals surface area contributed by atoms with Gasteiger partial charge in [0, 0.05) is 18.6 Å². The number of aliphatic hydroxyl groups is 2. The third-order valence-electron chi connectivity index (χ3n) is 8.61. The molecule has 8 unspecified atom stereocenters. The molecule has 5 fully saturated rings. The van der Waals surface area contributed by atoms with Gasteiger partial charge in [0.15, 0.2) is 0 Å². The summed E-state index contributed by atoms with van der Waals surface area (Å²) in [5.74, 6) is 4.91. The van der Waals surface area contributed by atoms with Crippen LogP contribution in [0.3, 0.4) is 0 Å². The zero-order valence-electron chi connectivity index (χ0n) is 11.7. The highest BCUT2D eigenvalue weighted by Crippen LogP contribution is 2.84. The van der Waals surface area contributed by atoms with Crippen molar-refractivity contribution in [2.24, 2.45) is 46.3 Å². The Bertz CT molecular complexity index is 421. The van der Waals surface area contributed by atoms with Crippen molar-refractivity contribution in [2.45, 2.75) is 44.9 Å². The summed E-state index contributed by atoms with van der Waals surface area (Å²) >= 11 is 0. The van der Waals surface area contributed by atoms with Crippen LogP contribution in [0, 0.1) is 46.3 Å². The van der Waals surface area contributed by atoms with Crippen molar-refractivity contribution in [1.82, 2.24) is 0 Å². The van der Waals surface area contributed by atoms with Gasteiger partial charge in [0.25, 0.3) is 0 Å². The molecule has 4 bridgehead atoms. The Morgan fingerprint density at radius 3 is 2.58 bits per heavy atom. The Balaban J connectivity index is 1.69. The van der Waals surface area contributed by atoms with E-state index in [4.69, 9.17) is 0 Å². The predicted molar refractivity (Wildman–Crippen MR) is 72.3 cm³/mol. The fraction of sp³-hybridized carbons (Fsp3) is 1.00. The van der Waals surface area contributed by atoms with Crippen LogP contribution in [0.15, 0.2) is 0 Å². The summed E-state index contributed by atoms with van der Waals surface area (Å²) in [6.07, 6.45) is 9.51. The van der Waals surface area contributed by atoms with Gasteiger partial charge in [0.2, 0.25) is 0 Å². The molecule has 2 heteroatoms. The van der Waals surface area contributed by atoms with Gasteiger partial charge >= 0.3 is 0 Å². The highest BCUT2D eigenvalue weighted by atomic mass is 16.3. The van der Waals surface area contributed by atoms with Crippen molar-refractivity contribution in [3.8, 4) is 0 Å². The van der Waals surface area contributed by atoms with Crippen molar-refractivity contribution in [3.05, 3.63) is 0 Å².